The smallest absolute Gasteiger partial charge is 0.259 e. The molecule has 0 fully saturated rings. The van der Waals surface area contributed by atoms with E-state index in [0.29, 0.717) is 11.7 Å². The van der Waals surface area contributed by atoms with Crippen molar-refractivity contribution in [3.05, 3.63) is 24.3 Å². The zero-order valence-electron chi connectivity index (χ0n) is 7.58. The molecule has 2 rings (SSSR count). The monoisotopic (exact) mass is 191 g/mol. The SMILES string of the molecule is CC(N)c1noc(-c2ccnnc2)n1. The van der Waals surface area contributed by atoms with Crippen molar-refractivity contribution >= 4 is 0 Å². The molecule has 2 aromatic heterocycles. The molecular weight excluding hydrogens is 182 g/mol. The fourth-order valence-corrected chi connectivity index (χ4v) is 0.954. The molecule has 0 bridgehead atoms. The van der Waals surface area contributed by atoms with Gasteiger partial charge < -0.3 is 10.3 Å². The number of nitrogens with zero attached hydrogens (tertiary/aromatic N) is 4. The van der Waals surface area contributed by atoms with Crippen LogP contribution in [0.5, 0.6) is 0 Å². The van der Waals surface area contributed by atoms with Crippen molar-refractivity contribution in [1.29, 1.82) is 0 Å². The zero-order chi connectivity index (χ0) is 9.97. The van der Waals surface area contributed by atoms with Crippen LogP contribution in [0.25, 0.3) is 11.5 Å². The molecule has 0 aliphatic carbocycles. The second kappa shape index (κ2) is 3.51. The average molecular weight is 191 g/mol. The maximum Gasteiger partial charge on any atom is 0.259 e. The summed E-state index contributed by atoms with van der Waals surface area (Å²) in [5.74, 6) is 0.893. The molecule has 0 aliphatic heterocycles. The molecule has 14 heavy (non-hydrogen) atoms. The van der Waals surface area contributed by atoms with Gasteiger partial charge in [0, 0.05) is 0 Å². The van der Waals surface area contributed by atoms with Gasteiger partial charge in [0.15, 0.2) is 5.82 Å². The van der Waals surface area contributed by atoms with Gasteiger partial charge in [-0.15, -0.1) is 0 Å². The lowest BCUT2D eigenvalue weighted by Gasteiger charge is -1.93. The van der Waals surface area contributed by atoms with Crippen molar-refractivity contribution in [3.63, 3.8) is 0 Å². The molecule has 72 valence electrons. The summed E-state index contributed by atoms with van der Waals surface area (Å²) in [6, 6.07) is 1.51. The fraction of sp³-hybridized carbons (Fsp3) is 0.250. The predicted molar refractivity (Wildman–Crippen MR) is 47.9 cm³/mol. The number of hydrogen-bond acceptors (Lipinski definition) is 6. The molecule has 0 saturated heterocycles. The van der Waals surface area contributed by atoms with Crippen LogP contribution in [0.1, 0.15) is 18.8 Å². The Morgan fingerprint density at radius 1 is 1.43 bits per heavy atom. The molecule has 1 unspecified atom stereocenters. The normalized spacial score (nSPS) is 12.7. The van der Waals surface area contributed by atoms with E-state index in [1.54, 1.807) is 25.4 Å². The minimum Gasteiger partial charge on any atom is -0.334 e. The summed E-state index contributed by atoms with van der Waals surface area (Å²) < 4.78 is 5.00. The molecule has 2 N–H and O–H groups in total. The molecule has 6 nitrogen and oxygen atoms in total. The Hall–Kier alpha value is -1.82. The molecular formula is C8H9N5O. The van der Waals surface area contributed by atoms with Crippen LogP contribution >= 0.6 is 0 Å². The summed E-state index contributed by atoms with van der Waals surface area (Å²) in [5.41, 5.74) is 6.33. The summed E-state index contributed by atoms with van der Waals surface area (Å²) in [4.78, 5) is 4.11. The first-order valence-electron chi connectivity index (χ1n) is 4.13. The second-order valence-electron chi connectivity index (χ2n) is 2.88. The molecule has 2 heterocycles. The Labute approximate surface area is 80.2 Å². The highest BCUT2D eigenvalue weighted by Gasteiger charge is 2.11. The summed E-state index contributed by atoms with van der Waals surface area (Å²) in [5, 5.41) is 11.1. The Kier molecular flexibility index (Phi) is 2.19. The Morgan fingerprint density at radius 3 is 2.86 bits per heavy atom. The highest BCUT2D eigenvalue weighted by molar-refractivity contribution is 5.49. The molecule has 0 aliphatic rings. The van der Waals surface area contributed by atoms with Gasteiger partial charge in [0.1, 0.15) is 0 Å². The van der Waals surface area contributed by atoms with Crippen molar-refractivity contribution in [2.24, 2.45) is 5.73 Å². The molecule has 6 heteroatoms. The Bertz CT molecular complexity index is 411. The number of nitrogens with two attached hydrogens (primary N) is 1. The van der Waals surface area contributed by atoms with Crippen molar-refractivity contribution in [2.75, 3.05) is 0 Å². The van der Waals surface area contributed by atoms with Crippen molar-refractivity contribution in [1.82, 2.24) is 20.3 Å². The third-order valence-electron chi connectivity index (χ3n) is 1.68. The first-order chi connectivity index (χ1) is 6.77. The quantitative estimate of drug-likeness (QED) is 0.745. The Balaban J connectivity index is 2.34. The van der Waals surface area contributed by atoms with Crippen LogP contribution < -0.4 is 5.73 Å². The van der Waals surface area contributed by atoms with Gasteiger partial charge in [-0.1, -0.05) is 5.16 Å². The minimum atomic E-state index is -0.234. The van der Waals surface area contributed by atoms with Gasteiger partial charge in [0.05, 0.1) is 24.0 Å². The van der Waals surface area contributed by atoms with Crippen molar-refractivity contribution < 1.29 is 4.52 Å². The topological polar surface area (TPSA) is 90.7 Å². The van der Waals surface area contributed by atoms with Crippen LogP contribution in [-0.4, -0.2) is 20.3 Å². The summed E-state index contributed by atoms with van der Waals surface area (Å²) >= 11 is 0. The van der Waals surface area contributed by atoms with Gasteiger partial charge in [-0.2, -0.15) is 15.2 Å². The third-order valence-corrected chi connectivity index (χ3v) is 1.68. The summed E-state index contributed by atoms with van der Waals surface area (Å²) in [6.45, 7) is 1.79. The molecule has 0 spiro atoms. The molecule has 0 saturated carbocycles. The van der Waals surface area contributed by atoms with Crippen LogP contribution in [0.4, 0.5) is 0 Å². The highest BCUT2D eigenvalue weighted by Crippen LogP contribution is 2.16. The van der Waals surface area contributed by atoms with E-state index in [0.717, 1.165) is 5.56 Å². The summed E-state index contributed by atoms with van der Waals surface area (Å²) in [6.07, 6.45) is 3.11. The van der Waals surface area contributed by atoms with Crippen LogP contribution in [-0.2, 0) is 0 Å². The first kappa shape index (κ1) is 8.76. The van der Waals surface area contributed by atoms with Crippen LogP contribution in [0.15, 0.2) is 23.0 Å². The second-order valence-corrected chi connectivity index (χ2v) is 2.88. The molecule has 1 atom stereocenters. The van der Waals surface area contributed by atoms with Gasteiger partial charge in [-0.25, -0.2) is 0 Å². The van der Waals surface area contributed by atoms with Gasteiger partial charge in [-0.05, 0) is 13.0 Å². The van der Waals surface area contributed by atoms with Crippen molar-refractivity contribution in [3.8, 4) is 11.5 Å². The van der Waals surface area contributed by atoms with E-state index >= 15 is 0 Å². The predicted octanol–water partition coefficient (Wildman–Crippen LogP) is 0.546. The van der Waals surface area contributed by atoms with E-state index in [9.17, 15) is 0 Å². The standard InChI is InChI=1S/C8H9N5O/c1-5(9)7-12-8(14-13-7)6-2-3-10-11-4-6/h2-5H,9H2,1H3. The Morgan fingerprint density at radius 2 is 2.29 bits per heavy atom. The number of hydrogen-bond donors (Lipinski definition) is 1. The maximum atomic E-state index is 5.59. The highest BCUT2D eigenvalue weighted by atomic mass is 16.5. The third kappa shape index (κ3) is 1.60. The van der Waals surface area contributed by atoms with Gasteiger partial charge in [-0.3, -0.25) is 0 Å². The number of aromatic nitrogens is 4. The molecule has 2 aromatic rings. The first-order valence-corrected chi connectivity index (χ1v) is 4.13. The van der Waals surface area contributed by atoms with Gasteiger partial charge >= 0.3 is 0 Å². The minimum absolute atomic E-state index is 0.234. The lowest BCUT2D eigenvalue weighted by Crippen LogP contribution is -2.06. The van der Waals surface area contributed by atoms with E-state index in [-0.39, 0.29) is 6.04 Å². The molecule has 0 amide bonds. The molecule has 0 aromatic carbocycles. The largest absolute Gasteiger partial charge is 0.334 e. The van der Waals surface area contributed by atoms with E-state index in [1.807, 2.05) is 0 Å². The van der Waals surface area contributed by atoms with Gasteiger partial charge in [0.2, 0.25) is 0 Å². The molecule has 0 radical (unpaired) electrons. The van der Waals surface area contributed by atoms with E-state index in [2.05, 4.69) is 20.3 Å². The van der Waals surface area contributed by atoms with E-state index in [1.165, 1.54) is 0 Å². The van der Waals surface area contributed by atoms with Gasteiger partial charge in [0.25, 0.3) is 5.89 Å². The maximum absolute atomic E-state index is 5.59. The van der Waals surface area contributed by atoms with Crippen LogP contribution in [0.3, 0.4) is 0 Å². The lowest BCUT2D eigenvalue weighted by atomic mass is 10.3. The average Bonchev–Trinajstić information content (AvgIpc) is 2.68. The fourth-order valence-electron chi connectivity index (χ4n) is 0.954. The van der Waals surface area contributed by atoms with Crippen molar-refractivity contribution in [2.45, 2.75) is 13.0 Å². The number of rotatable bonds is 2. The summed E-state index contributed by atoms with van der Waals surface area (Å²) in [7, 11) is 0. The van der Waals surface area contributed by atoms with Crippen LogP contribution in [0.2, 0.25) is 0 Å². The lowest BCUT2D eigenvalue weighted by molar-refractivity contribution is 0.418. The zero-order valence-corrected chi connectivity index (χ0v) is 7.58. The van der Waals surface area contributed by atoms with E-state index < -0.39 is 0 Å². The van der Waals surface area contributed by atoms with E-state index in [4.69, 9.17) is 10.3 Å². The van der Waals surface area contributed by atoms with Crippen LogP contribution in [0, 0.1) is 0 Å².